The molecule has 20 nitrogen and oxygen atoms in total. The SMILES string of the molecule is CCCCCCCCCCCCCCCCO[C@@H]1[C@H](OP(=O)(O)O)[C@@H](CO)O[C@H]1n1ccc(N)nc1=O.Nc1ncnc2c1ncn2[C@@H]1O[C@H](CO)[C@@H](O)[C@H]1O. The van der Waals surface area contributed by atoms with E-state index in [1.807, 2.05) is 0 Å². The van der Waals surface area contributed by atoms with Crippen molar-refractivity contribution in [1.29, 1.82) is 0 Å². The lowest BCUT2D eigenvalue weighted by Gasteiger charge is -2.25. The summed E-state index contributed by atoms with van der Waals surface area (Å²) in [5.74, 6) is 0.247. The van der Waals surface area contributed by atoms with Crippen molar-refractivity contribution >= 4 is 30.6 Å². The van der Waals surface area contributed by atoms with Crippen molar-refractivity contribution in [3.8, 4) is 0 Å². The number of phosphoric ester groups is 1. The summed E-state index contributed by atoms with van der Waals surface area (Å²) in [6.07, 6.45) is 12.6. The fourth-order valence-corrected chi connectivity index (χ4v) is 7.42. The molecule has 2 aliphatic heterocycles. The van der Waals surface area contributed by atoms with Gasteiger partial charge in [0.05, 0.1) is 19.5 Å². The lowest BCUT2D eigenvalue weighted by Crippen LogP contribution is -2.39. The first kappa shape index (κ1) is 45.6. The average Bonchev–Trinajstić information content (AvgIpc) is 3.83. The largest absolute Gasteiger partial charge is 0.470 e. The van der Waals surface area contributed by atoms with E-state index in [4.69, 9.17) is 35.3 Å². The second-order valence-electron chi connectivity index (χ2n) is 14.1. The van der Waals surface area contributed by atoms with Gasteiger partial charge in [-0.25, -0.2) is 24.3 Å². The summed E-state index contributed by atoms with van der Waals surface area (Å²) in [5, 5.41) is 38.4. The number of hydrogen-bond donors (Lipinski definition) is 8. The maximum Gasteiger partial charge on any atom is 0.470 e. The fraction of sp³-hybridized carbons (Fsp3) is 0.743. The highest BCUT2D eigenvalue weighted by Gasteiger charge is 2.50. The molecule has 316 valence electrons. The number of phosphoric acid groups is 1. The number of aromatic nitrogens is 6. The Morgan fingerprint density at radius 3 is 1.93 bits per heavy atom. The van der Waals surface area contributed by atoms with Crippen LogP contribution in [0.5, 0.6) is 0 Å². The smallest absolute Gasteiger partial charge is 0.394 e. The van der Waals surface area contributed by atoms with Crippen molar-refractivity contribution in [2.75, 3.05) is 31.3 Å². The van der Waals surface area contributed by atoms with Crippen LogP contribution >= 0.6 is 7.82 Å². The molecular formula is C35H59N8O12P. The lowest BCUT2D eigenvalue weighted by molar-refractivity contribution is -0.0747. The van der Waals surface area contributed by atoms with E-state index in [-0.39, 0.29) is 11.6 Å². The van der Waals surface area contributed by atoms with Gasteiger partial charge in [0.15, 0.2) is 23.9 Å². The van der Waals surface area contributed by atoms with Gasteiger partial charge in [0.1, 0.15) is 54.3 Å². The van der Waals surface area contributed by atoms with Crippen molar-refractivity contribution in [1.82, 2.24) is 29.1 Å². The Morgan fingerprint density at radius 1 is 0.786 bits per heavy atom. The van der Waals surface area contributed by atoms with Gasteiger partial charge in [-0.2, -0.15) is 4.98 Å². The molecule has 2 saturated heterocycles. The molecule has 0 amide bonds. The number of fused-ring (bicyclic) bond motifs is 1. The second kappa shape index (κ2) is 22.7. The lowest BCUT2D eigenvalue weighted by atomic mass is 10.0. The van der Waals surface area contributed by atoms with Gasteiger partial charge < -0.3 is 55.9 Å². The van der Waals surface area contributed by atoms with E-state index in [0.29, 0.717) is 17.8 Å². The molecular weight excluding hydrogens is 755 g/mol. The van der Waals surface area contributed by atoms with Crippen molar-refractivity contribution in [2.45, 2.75) is 146 Å². The minimum Gasteiger partial charge on any atom is -0.394 e. The molecule has 3 aromatic rings. The zero-order valence-electron chi connectivity index (χ0n) is 31.9. The van der Waals surface area contributed by atoms with Crippen LogP contribution in [0.3, 0.4) is 0 Å². The molecule has 2 fully saturated rings. The van der Waals surface area contributed by atoms with Crippen LogP contribution in [0.25, 0.3) is 11.2 Å². The van der Waals surface area contributed by atoms with E-state index in [1.165, 1.54) is 93.7 Å². The minimum absolute atomic E-state index is 0.0286. The van der Waals surface area contributed by atoms with Gasteiger partial charge in [-0.05, 0) is 12.5 Å². The van der Waals surface area contributed by atoms with Gasteiger partial charge in [-0.15, -0.1) is 0 Å². The average molecular weight is 815 g/mol. The number of anilines is 2. The molecule has 3 aromatic heterocycles. The highest BCUT2D eigenvalue weighted by atomic mass is 31.2. The minimum atomic E-state index is -4.91. The highest BCUT2D eigenvalue weighted by Crippen LogP contribution is 2.44. The van der Waals surface area contributed by atoms with Crippen LogP contribution in [-0.2, 0) is 23.3 Å². The Bertz CT molecular complexity index is 1710. The summed E-state index contributed by atoms with van der Waals surface area (Å²) in [5.41, 5.74) is 11.3. The standard InChI is InChI=1S/C25H46N3O8P.C10H13N5O4/c1-2-3-4-5-6-7-8-9-10-11-12-13-14-15-18-34-23-22(36-37(31,32)33)20(19-29)35-24(23)28-17-16-21(26)27-25(28)30;11-8-5-9(13-2-12-8)15(3-14-5)10-7(18)6(17)4(1-16)19-10/h16-17,20,22-24,29H,2-15,18-19H2,1H3,(H2,26,27,30)(H2,31,32,33);2-4,6-7,10,16-18H,1H2,(H2,11,12,13)/t20-,22-,23-,24-;4-,6-,7-,10-/m11/s1. The molecule has 0 saturated carbocycles. The van der Waals surface area contributed by atoms with Gasteiger partial charge in [-0.3, -0.25) is 13.7 Å². The van der Waals surface area contributed by atoms with Crippen LogP contribution in [0.2, 0.25) is 0 Å². The molecule has 0 radical (unpaired) electrons. The Hall–Kier alpha value is -3.14. The summed E-state index contributed by atoms with van der Waals surface area (Å²) in [7, 11) is -4.91. The van der Waals surface area contributed by atoms with Gasteiger partial charge in [0.25, 0.3) is 0 Å². The maximum absolute atomic E-state index is 12.4. The number of hydrogen-bond acceptors (Lipinski definition) is 16. The van der Waals surface area contributed by atoms with E-state index in [2.05, 4.69) is 26.9 Å². The molecule has 8 atom stereocenters. The van der Waals surface area contributed by atoms with Crippen molar-refractivity contribution in [2.24, 2.45) is 0 Å². The van der Waals surface area contributed by atoms with Crippen molar-refractivity contribution in [3.63, 3.8) is 0 Å². The van der Waals surface area contributed by atoms with E-state index < -0.39 is 75.8 Å². The number of nitrogens with zero attached hydrogens (tertiary/aromatic N) is 6. The highest BCUT2D eigenvalue weighted by molar-refractivity contribution is 7.46. The fourth-order valence-electron chi connectivity index (χ4n) is 6.84. The summed E-state index contributed by atoms with van der Waals surface area (Å²) in [6.45, 7) is 1.57. The van der Waals surface area contributed by atoms with E-state index in [9.17, 15) is 34.5 Å². The molecule has 56 heavy (non-hydrogen) atoms. The first-order valence-electron chi connectivity index (χ1n) is 19.4. The van der Waals surface area contributed by atoms with E-state index in [0.717, 1.165) is 30.3 Å². The first-order valence-corrected chi connectivity index (χ1v) is 20.9. The molecule has 0 aromatic carbocycles. The Kier molecular flexibility index (Phi) is 18.5. The molecule has 0 spiro atoms. The predicted molar refractivity (Wildman–Crippen MR) is 204 cm³/mol. The Balaban J connectivity index is 0.000000303. The van der Waals surface area contributed by atoms with Crippen LogP contribution in [0.4, 0.5) is 11.6 Å². The maximum atomic E-state index is 12.4. The van der Waals surface area contributed by atoms with Crippen LogP contribution in [0.1, 0.15) is 109 Å². The number of nitrogen functional groups attached to an aromatic ring is 2. The molecule has 21 heteroatoms. The van der Waals surface area contributed by atoms with Crippen LogP contribution in [0.15, 0.2) is 29.7 Å². The summed E-state index contributed by atoms with van der Waals surface area (Å²) in [4.78, 5) is 46.6. The molecule has 0 aliphatic carbocycles. The number of rotatable bonds is 22. The van der Waals surface area contributed by atoms with E-state index >= 15 is 0 Å². The monoisotopic (exact) mass is 814 g/mol. The second-order valence-corrected chi connectivity index (χ2v) is 15.3. The molecule has 0 bridgehead atoms. The van der Waals surface area contributed by atoms with Gasteiger partial charge in [-0.1, -0.05) is 90.4 Å². The molecule has 10 N–H and O–H groups in total. The molecule has 0 unspecified atom stereocenters. The quantitative estimate of drug-likeness (QED) is 0.0532. The van der Waals surface area contributed by atoms with Crippen LogP contribution in [0, 0.1) is 0 Å². The molecule has 5 heterocycles. The topological polar surface area (TPSA) is 306 Å². The number of aliphatic hydroxyl groups excluding tert-OH is 4. The number of nitrogens with two attached hydrogens (primary N) is 2. The predicted octanol–water partition coefficient (Wildman–Crippen LogP) is 2.08. The summed E-state index contributed by atoms with van der Waals surface area (Å²) >= 11 is 0. The summed E-state index contributed by atoms with van der Waals surface area (Å²) < 4.78 is 36.1. The third-order valence-electron chi connectivity index (χ3n) is 9.84. The zero-order chi connectivity index (χ0) is 40.7. The summed E-state index contributed by atoms with van der Waals surface area (Å²) in [6, 6.07) is 1.40. The normalized spacial score (nSPS) is 25.1. The number of unbranched alkanes of at least 4 members (excludes halogenated alkanes) is 13. The van der Waals surface area contributed by atoms with E-state index in [1.54, 1.807) is 0 Å². The molecule has 5 rings (SSSR count). The van der Waals surface area contributed by atoms with Crippen molar-refractivity contribution in [3.05, 3.63) is 35.4 Å². The van der Waals surface area contributed by atoms with Gasteiger partial charge in [0, 0.05) is 12.8 Å². The van der Waals surface area contributed by atoms with Crippen LogP contribution < -0.4 is 17.2 Å². The number of ether oxygens (including phenoxy) is 3. The molecule has 2 aliphatic rings. The third kappa shape index (κ3) is 12.9. The Labute approximate surface area is 325 Å². The first-order chi connectivity index (χ1) is 26.9. The number of aliphatic hydroxyl groups is 4. The third-order valence-corrected chi connectivity index (χ3v) is 10.4. The van der Waals surface area contributed by atoms with Gasteiger partial charge >= 0.3 is 13.5 Å². The van der Waals surface area contributed by atoms with Crippen LogP contribution in [-0.4, -0.2) is 116 Å². The Morgan fingerprint density at radius 2 is 1.38 bits per heavy atom. The zero-order valence-corrected chi connectivity index (χ0v) is 32.8. The number of imidazole rings is 1. The van der Waals surface area contributed by atoms with Gasteiger partial charge in [0.2, 0.25) is 0 Å². The van der Waals surface area contributed by atoms with Crippen molar-refractivity contribution < 1.29 is 53.5 Å².